The van der Waals surface area contributed by atoms with Crippen LogP contribution in [0.3, 0.4) is 0 Å². The fourth-order valence-electron chi connectivity index (χ4n) is 4.03. The number of piperidine rings is 1. The van der Waals surface area contributed by atoms with Crippen LogP contribution in [0.2, 0.25) is 0 Å². The zero-order valence-electron chi connectivity index (χ0n) is 16.3. The van der Waals surface area contributed by atoms with Gasteiger partial charge in [-0.2, -0.15) is 5.26 Å². The molecule has 0 bridgehead atoms. The van der Waals surface area contributed by atoms with Crippen molar-refractivity contribution in [2.24, 2.45) is 0 Å². The summed E-state index contributed by atoms with van der Waals surface area (Å²) in [7, 11) is -3.81. The highest BCUT2D eigenvalue weighted by Crippen LogP contribution is 2.26. The molecule has 2 aromatic carbocycles. The van der Waals surface area contributed by atoms with Crippen LogP contribution < -0.4 is 4.72 Å². The van der Waals surface area contributed by atoms with Gasteiger partial charge in [-0.1, -0.05) is 30.7 Å². The molecule has 3 rings (SSSR count). The van der Waals surface area contributed by atoms with Gasteiger partial charge < -0.3 is 5.11 Å². The standard InChI is InChI=1S/C21H27N3O3S/c1-15-6-5-7-16(2)24(15)14-18(25)13-23-28(26,27)21-11-10-17(12-22)19-8-3-4-9-20(19)21/h3-4,8-11,15-16,18,23,25H,5-7,13-14H2,1-2H3/t15-,16+,18-/m0/s1. The molecule has 0 aliphatic carbocycles. The SMILES string of the molecule is C[C@@H]1CCC[C@H](C)N1C[C@@H](O)CNS(=O)(=O)c1ccc(C#N)c2ccccc12. The van der Waals surface area contributed by atoms with E-state index in [0.717, 1.165) is 12.8 Å². The lowest BCUT2D eigenvalue weighted by Crippen LogP contribution is -2.49. The zero-order chi connectivity index (χ0) is 20.3. The fraction of sp³-hybridized carbons (Fsp3) is 0.476. The molecule has 7 heteroatoms. The van der Waals surface area contributed by atoms with Gasteiger partial charge in [-0.05, 0) is 38.8 Å². The fourth-order valence-corrected chi connectivity index (χ4v) is 5.31. The molecular weight excluding hydrogens is 374 g/mol. The number of nitriles is 1. The number of aliphatic hydroxyl groups excluding tert-OH is 1. The Balaban J connectivity index is 1.74. The molecule has 2 aromatic rings. The maximum Gasteiger partial charge on any atom is 0.241 e. The predicted molar refractivity (Wildman–Crippen MR) is 109 cm³/mol. The number of nitrogens with one attached hydrogen (secondary N) is 1. The summed E-state index contributed by atoms with van der Waals surface area (Å²) >= 11 is 0. The van der Waals surface area contributed by atoms with Crippen molar-refractivity contribution >= 4 is 20.8 Å². The number of hydrogen-bond acceptors (Lipinski definition) is 5. The summed E-state index contributed by atoms with van der Waals surface area (Å²) in [6.45, 7) is 4.69. The van der Waals surface area contributed by atoms with E-state index in [2.05, 4.69) is 29.5 Å². The number of β-amino-alcohol motifs (C(OH)–C–C–N with tert-alkyl or cyclic N) is 1. The molecule has 1 fully saturated rings. The first kappa shape index (κ1) is 20.7. The Kier molecular flexibility index (Phi) is 6.36. The molecular formula is C21H27N3O3S. The lowest BCUT2D eigenvalue weighted by atomic mass is 9.97. The molecule has 1 saturated heterocycles. The Morgan fingerprint density at radius 3 is 2.46 bits per heavy atom. The predicted octanol–water partition coefficient (Wildman–Crippen LogP) is 2.61. The van der Waals surface area contributed by atoms with Gasteiger partial charge in [0.25, 0.3) is 0 Å². The van der Waals surface area contributed by atoms with E-state index < -0.39 is 16.1 Å². The minimum Gasteiger partial charge on any atom is -0.390 e. The molecule has 0 saturated carbocycles. The van der Waals surface area contributed by atoms with Crippen LogP contribution in [0.4, 0.5) is 0 Å². The van der Waals surface area contributed by atoms with Crippen LogP contribution in [0.1, 0.15) is 38.7 Å². The van der Waals surface area contributed by atoms with Crippen LogP contribution in [-0.4, -0.2) is 49.7 Å². The van der Waals surface area contributed by atoms with Crippen molar-refractivity contribution in [1.29, 1.82) is 5.26 Å². The zero-order valence-corrected chi connectivity index (χ0v) is 17.1. The molecule has 0 radical (unpaired) electrons. The summed E-state index contributed by atoms with van der Waals surface area (Å²) < 4.78 is 28.2. The van der Waals surface area contributed by atoms with Gasteiger partial charge in [0.1, 0.15) is 0 Å². The highest BCUT2D eigenvalue weighted by molar-refractivity contribution is 7.89. The minimum atomic E-state index is -3.81. The second-order valence-electron chi connectivity index (χ2n) is 7.60. The van der Waals surface area contributed by atoms with Crippen molar-refractivity contribution in [2.75, 3.05) is 13.1 Å². The van der Waals surface area contributed by atoms with E-state index in [1.807, 2.05) is 0 Å². The molecule has 0 amide bonds. The van der Waals surface area contributed by atoms with E-state index >= 15 is 0 Å². The van der Waals surface area contributed by atoms with Crippen LogP contribution in [-0.2, 0) is 10.0 Å². The molecule has 3 atom stereocenters. The van der Waals surface area contributed by atoms with Crippen molar-refractivity contribution in [3.63, 3.8) is 0 Å². The van der Waals surface area contributed by atoms with Crippen LogP contribution in [0.5, 0.6) is 0 Å². The first-order valence-electron chi connectivity index (χ1n) is 9.69. The van der Waals surface area contributed by atoms with E-state index in [4.69, 9.17) is 0 Å². The lowest BCUT2D eigenvalue weighted by Gasteiger charge is -2.40. The van der Waals surface area contributed by atoms with Crippen LogP contribution in [0.15, 0.2) is 41.3 Å². The Labute approximate surface area is 166 Å². The molecule has 1 aliphatic rings. The summed E-state index contributed by atoms with van der Waals surface area (Å²) in [6.07, 6.45) is 2.59. The third kappa shape index (κ3) is 4.36. The van der Waals surface area contributed by atoms with Crippen LogP contribution >= 0.6 is 0 Å². The normalized spacial score (nSPS) is 22.1. The number of fused-ring (bicyclic) bond motifs is 1. The Morgan fingerprint density at radius 2 is 1.82 bits per heavy atom. The summed E-state index contributed by atoms with van der Waals surface area (Å²) in [6, 6.07) is 12.8. The van der Waals surface area contributed by atoms with Gasteiger partial charge >= 0.3 is 0 Å². The topological polar surface area (TPSA) is 93.4 Å². The van der Waals surface area contributed by atoms with Gasteiger partial charge in [0.2, 0.25) is 10.0 Å². The first-order valence-corrected chi connectivity index (χ1v) is 11.2. The van der Waals surface area contributed by atoms with E-state index in [-0.39, 0.29) is 11.4 Å². The van der Waals surface area contributed by atoms with E-state index in [1.54, 1.807) is 24.3 Å². The monoisotopic (exact) mass is 401 g/mol. The minimum absolute atomic E-state index is 0.0490. The number of nitrogens with zero attached hydrogens (tertiary/aromatic N) is 2. The van der Waals surface area contributed by atoms with E-state index in [9.17, 15) is 18.8 Å². The number of sulfonamides is 1. The molecule has 1 aliphatic heterocycles. The van der Waals surface area contributed by atoms with Crippen LogP contribution in [0.25, 0.3) is 10.8 Å². The first-order chi connectivity index (χ1) is 13.3. The average Bonchev–Trinajstić information content (AvgIpc) is 2.68. The van der Waals surface area contributed by atoms with Crippen molar-refractivity contribution in [1.82, 2.24) is 9.62 Å². The largest absolute Gasteiger partial charge is 0.390 e. The average molecular weight is 402 g/mol. The van der Waals surface area contributed by atoms with Gasteiger partial charge in [0, 0.05) is 35.9 Å². The Morgan fingerprint density at radius 1 is 1.18 bits per heavy atom. The van der Waals surface area contributed by atoms with Gasteiger partial charge in [-0.3, -0.25) is 4.90 Å². The summed E-state index contributed by atoms with van der Waals surface area (Å²) in [4.78, 5) is 2.37. The van der Waals surface area contributed by atoms with Crippen molar-refractivity contribution in [3.05, 3.63) is 42.0 Å². The second kappa shape index (κ2) is 8.58. The number of likely N-dealkylation sites (tertiary alicyclic amines) is 1. The molecule has 28 heavy (non-hydrogen) atoms. The maximum atomic E-state index is 12.9. The van der Waals surface area contributed by atoms with Crippen molar-refractivity contribution < 1.29 is 13.5 Å². The third-order valence-corrected chi connectivity index (χ3v) is 7.08. The summed E-state index contributed by atoms with van der Waals surface area (Å²) in [5.74, 6) is 0. The molecule has 6 nitrogen and oxygen atoms in total. The third-order valence-electron chi connectivity index (χ3n) is 5.60. The molecule has 2 N–H and O–H groups in total. The van der Waals surface area contributed by atoms with Crippen LogP contribution in [0, 0.1) is 11.3 Å². The second-order valence-corrected chi connectivity index (χ2v) is 9.34. The quantitative estimate of drug-likeness (QED) is 0.776. The van der Waals surface area contributed by atoms with Gasteiger partial charge in [0.15, 0.2) is 0 Å². The number of aliphatic hydroxyl groups is 1. The van der Waals surface area contributed by atoms with Gasteiger partial charge in [-0.25, -0.2) is 13.1 Å². The molecule has 0 aromatic heterocycles. The lowest BCUT2D eigenvalue weighted by molar-refractivity contribution is 0.0438. The summed E-state index contributed by atoms with van der Waals surface area (Å²) in [5.41, 5.74) is 0.433. The number of rotatable bonds is 6. The Bertz CT molecular complexity index is 974. The van der Waals surface area contributed by atoms with E-state index in [0.29, 0.717) is 35.0 Å². The summed E-state index contributed by atoms with van der Waals surface area (Å²) in [5, 5.41) is 20.8. The smallest absolute Gasteiger partial charge is 0.241 e. The number of hydrogen-bond donors (Lipinski definition) is 2. The van der Waals surface area contributed by atoms with Crippen molar-refractivity contribution in [3.8, 4) is 6.07 Å². The molecule has 0 unspecified atom stereocenters. The highest BCUT2D eigenvalue weighted by atomic mass is 32.2. The van der Waals surface area contributed by atoms with Gasteiger partial charge in [0.05, 0.1) is 22.6 Å². The molecule has 0 spiro atoms. The van der Waals surface area contributed by atoms with E-state index in [1.165, 1.54) is 18.6 Å². The van der Waals surface area contributed by atoms with Gasteiger partial charge in [-0.15, -0.1) is 0 Å². The number of benzene rings is 2. The highest BCUT2D eigenvalue weighted by Gasteiger charge is 2.27. The molecule has 150 valence electrons. The maximum absolute atomic E-state index is 12.9. The molecule has 1 heterocycles. The Hall–Kier alpha value is -1.98. The van der Waals surface area contributed by atoms with Crippen molar-refractivity contribution in [2.45, 2.75) is 56.2 Å².